The van der Waals surface area contributed by atoms with Gasteiger partial charge in [-0.15, -0.1) is 0 Å². The predicted octanol–water partition coefficient (Wildman–Crippen LogP) is 23.9. The van der Waals surface area contributed by atoms with Crippen LogP contribution in [0.1, 0.15) is 303 Å². The third kappa shape index (κ3) is 68.0. The van der Waals surface area contributed by atoms with E-state index >= 15 is 0 Å². The van der Waals surface area contributed by atoms with Crippen LogP contribution in [0.3, 0.4) is 0 Å². The number of ether oxygens (including phenoxy) is 3. The summed E-state index contributed by atoms with van der Waals surface area (Å²) in [5, 5.41) is 0. The SMILES string of the molecule is CC/C=C\C/C=C\C/C=C\C/C=C\C/C=C\C/C=C\C/C=C\C/C=C\C/C=C\CCCC(=O)OCC(COC(=O)CCCCCCC/C=C\CCCC)OC(=O)CCCCCCCCCCCCCCC/C=C\C/C=C\CCCCCCC. The molecule has 0 aliphatic heterocycles. The molecule has 0 fully saturated rings. The molecule has 470 valence electrons. The van der Waals surface area contributed by atoms with Crippen molar-refractivity contribution in [2.24, 2.45) is 0 Å². The van der Waals surface area contributed by atoms with Crippen molar-refractivity contribution in [3.05, 3.63) is 146 Å². The molecular weight excluding hydrogens is 1020 g/mol. The van der Waals surface area contributed by atoms with Gasteiger partial charge in [-0.05, 0) is 135 Å². The number of carbonyl (C=O) groups excluding carboxylic acids is 3. The molecule has 1 unspecified atom stereocenters. The number of unbranched alkanes of at least 4 members (excludes halogenated alkanes) is 26. The number of esters is 3. The highest BCUT2D eigenvalue weighted by Gasteiger charge is 2.19. The monoisotopic (exact) mass is 1150 g/mol. The minimum Gasteiger partial charge on any atom is -0.462 e. The Bertz CT molecular complexity index is 1800. The summed E-state index contributed by atoms with van der Waals surface area (Å²) in [4.78, 5) is 38.3. The summed E-state index contributed by atoms with van der Waals surface area (Å²) in [6.45, 7) is 6.43. The summed E-state index contributed by atoms with van der Waals surface area (Å²) in [6.07, 6.45) is 100. The molecule has 0 aromatic rings. The van der Waals surface area contributed by atoms with Gasteiger partial charge in [0.15, 0.2) is 6.10 Å². The second-order valence-corrected chi connectivity index (χ2v) is 22.3. The molecule has 1 atom stereocenters. The summed E-state index contributed by atoms with van der Waals surface area (Å²) in [7, 11) is 0. The van der Waals surface area contributed by atoms with Gasteiger partial charge in [0.2, 0.25) is 0 Å². The molecule has 0 saturated carbocycles. The van der Waals surface area contributed by atoms with Crippen LogP contribution in [0.15, 0.2) is 146 Å². The first-order valence-electron chi connectivity index (χ1n) is 34.3. The summed E-state index contributed by atoms with van der Waals surface area (Å²) < 4.78 is 16.9. The fourth-order valence-electron chi connectivity index (χ4n) is 9.16. The topological polar surface area (TPSA) is 78.9 Å². The second kappa shape index (κ2) is 69.8. The third-order valence-electron chi connectivity index (χ3n) is 14.3. The van der Waals surface area contributed by atoms with Crippen LogP contribution in [0.4, 0.5) is 0 Å². The van der Waals surface area contributed by atoms with E-state index in [0.717, 1.165) is 122 Å². The summed E-state index contributed by atoms with van der Waals surface area (Å²) >= 11 is 0. The lowest BCUT2D eigenvalue weighted by Crippen LogP contribution is -2.30. The van der Waals surface area contributed by atoms with Gasteiger partial charge >= 0.3 is 17.9 Å². The van der Waals surface area contributed by atoms with Gasteiger partial charge < -0.3 is 14.2 Å². The van der Waals surface area contributed by atoms with Crippen LogP contribution in [0.25, 0.3) is 0 Å². The molecule has 0 heterocycles. The molecule has 0 spiro atoms. The van der Waals surface area contributed by atoms with Crippen molar-refractivity contribution < 1.29 is 28.6 Å². The Labute approximate surface area is 512 Å². The number of rotatable bonds is 61. The van der Waals surface area contributed by atoms with Crippen molar-refractivity contribution in [1.29, 1.82) is 0 Å². The van der Waals surface area contributed by atoms with E-state index in [-0.39, 0.29) is 37.5 Å². The zero-order valence-electron chi connectivity index (χ0n) is 53.9. The standard InChI is InChI=1S/C77H126O6/c1-4-7-10-13-16-19-22-24-26-28-30-32-34-36-37-38-39-41-42-44-46-48-50-52-55-58-61-64-67-70-76(79)82-73-74(72-81-75(78)69-66-63-60-57-54-21-18-15-12-9-6-3)83-77(80)71-68-65-62-59-56-53-51-49-47-45-43-40-35-33-31-29-27-25-23-20-17-14-11-8-5-2/h7,10,15-16,18-19,23-26,29-32,36-37,39,41,44,46,50,52,58,61,74H,4-6,8-9,11-14,17,20-22,27-28,33-35,38,40,42-43,45,47-49,51,53-57,59-60,62-73H2,1-3H3/b10-7-,18-15-,19-16-,25-23-,26-24-,31-29-,32-30-,37-36-,41-39-,46-44-,52-50-,61-58-. The summed E-state index contributed by atoms with van der Waals surface area (Å²) in [5.41, 5.74) is 0. The minimum atomic E-state index is -0.812. The maximum atomic E-state index is 12.9. The number of hydrogen-bond acceptors (Lipinski definition) is 6. The maximum absolute atomic E-state index is 12.9. The maximum Gasteiger partial charge on any atom is 0.306 e. The molecule has 83 heavy (non-hydrogen) atoms. The lowest BCUT2D eigenvalue weighted by molar-refractivity contribution is -0.167. The first-order chi connectivity index (χ1) is 41.0. The highest BCUT2D eigenvalue weighted by Crippen LogP contribution is 2.16. The van der Waals surface area contributed by atoms with E-state index in [9.17, 15) is 14.4 Å². The molecule has 6 nitrogen and oxygen atoms in total. The fraction of sp³-hybridized carbons (Fsp3) is 0.649. The van der Waals surface area contributed by atoms with Crippen LogP contribution >= 0.6 is 0 Å². The molecule has 0 aliphatic carbocycles. The molecule has 0 aliphatic rings. The smallest absolute Gasteiger partial charge is 0.306 e. The highest BCUT2D eigenvalue weighted by molar-refractivity contribution is 5.71. The van der Waals surface area contributed by atoms with Gasteiger partial charge in [-0.3, -0.25) is 14.4 Å². The molecule has 0 saturated heterocycles. The van der Waals surface area contributed by atoms with E-state index in [2.05, 4.69) is 167 Å². The van der Waals surface area contributed by atoms with Crippen LogP contribution in [0, 0.1) is 0 Å². The van der Waals surface area contributed by atoms with Gasteiger partial charge in [-0.1, -0.05) is 295 Å². The predicted molar refractivity (Wildman–Crippen MR) is 362 cm³/mol. The van der Waals surface area contributed by atoms with E-state index in [0.29, 0.717) is 19.3 Å². The van der Waals surface area contributed by atoms with Gasteiger partial charge in [-0.2, -0.15) is 0 Å². The Hall–Kier alpha value is -4.71. The first-order valence-corrected chi connectivity index (χ1v) is 34.3. The zero-order valence-corrected chi connectivity index (χ0v) is 53.9. The minimum absolute atomic E-state index is 0.104. The van der Waals surface area contributed by atoms with E-state index in [1.807, 2.05) is 0 Å². The van der Waals surface area contributed by atoms with E-state index in [1.165, 1.54) is 135 Å². The normalized spacial score (nSPS) is 13.0. The molecule has 0 aromatic heterocycles. The van der Waals surface area contributed by atoms with E-state index in [1.54, 1.807) is 0 Å². The Morgan fingerprint density at radius 2 is 0.494 bits per heavy atom. The molecule has 0 rings (SSSR count). The van der Waals surface area contributed by atoms with Gasteiger partial charge in [-0.25, -0.2) is 0 Å². The molecular formula is C77H126O6. The van der Waals surface area contributed by atoms with Crippen LogP contribution in [0.5, 0.6) is 0 Å². The second-order valence-electron chi connectivity index (χ2n) is 22.3. The van der Waals surface area contributed by atoms with E-state index < -0.39 is 6.10 Å². The lowest BCUT2D eigenvalue weighted by atomic mass is 10.0. The number of hydrogen-bond donors (Lipinski definition) is 0. The van der Waals surface area contributed by atoms with Gasteiger partial charge in [0, 0.05) is 19.3 Å². The van der Waals surface area contributed by atoms with Gasteiger partial charge in [0.05, 0.1) is 0 Å². The fourth-order valence-corrected chi connectivity index (χ4v) is 9.16. The number of allylic oxidation sites excluding steroid dienone is 24. The van der Waals surface area contributed by atoms with Crippen molar-refractivity contribution in [3.63, 3.8) is 0 Å². The molecule has 0 radical (unpaired) electrons. The van der Waals surface area contributed by atoms with Crippen LogP contribution in [0.2, 0.25) is 0 Å². The largest absolute Gasteiger partial charge is 0.462 e. The van der Waals surface area contributed by atoms with Crippen molar-refractivity contribution in [1.82, 2.24) is 0 Å². The van der Waals surface area contributed by atoms with Gasteiger partial charge in [0.25, 0.3) is 0 Å². The van der Waals surface area contributed by atoms with Crippen LogP contribution in [-0.4, -0.2) is 37.2 Å². The lowest BCUT2D eigenvalue weighted by Gasteiger charge is -2.18. The number of carbonyl (C=O) groups is 3. The average molecular weight is 1150 g/mol. The van der Waals surface area contributed by atoms with Gasteiger partial charge in [0.1, 0.15) is 13.2 Å². The van der Waals surface area contributed by atoms with Crippen LogP contribution in [-0.2, 0) is 28.6 Å². The molecule has 0 bridgehead atoms. The van der Waals surface area contributed by atoms with Crippen molar-refractivity contribution in [2.75, 3.05) is 13.2 Å². The quantitative estimate of drug-likeness (QED) is 0.0261. The first kappa shape index (κ1) is 78.3. The molecule has 0 N–H and O–H groups in total. The Kier molecular flexibility index (Phi) is 65.8. The summed E-state index contributed by atoms with van der Waals surface area (Å²) in [6, 6.07) is 0. The molecule has 0 amide bonds. The Morgan fingerprint density at radius 1 is 0.253 bits per heavy atom. The Balaban J connectivity index is 4.38. The average Bonchev–Trinajstić information content (AvgIpc) is 3.48. The Morgan fingerprint density at radius 3 is 0.831 bits per heavy atom. The van der Waals surface area contributed by atoms with Crippen LogP contribution < -0.4 is 0 Å². The zero-order chi connectivity index (χ0) is 59.9. The third-order valence-corrected chi connectivity index (χ3v) is 14.3. The van der Waals surface area contributed by atoms with Crippen molar-refractivity contribution in [3.8, 4) is 0 Å². The van der Waals surface area contributed by atoms with E-state index in [4.69, 9.17) is 14.2 Å². The van der Waals surface area contributed by atoms with Crippen molar-refractivity contribution in [2.45, 2.75) is 309 Å². The molecule has 0 aromatic carbocycles. The highest BCUT2D eigenvalue weighted by atomic mass is 16.6. The van der Waals surface area contributed by atoms with Crippen molar-refractivity contribution >= 4 is 17.9 Å². The molecule has 6 heteroatoms. The summed E-state index contributed by atoms with van der Waals surface area (Å²) in [5.74, 6) is -0.974.